The number of rotatable bonds is 4. The zero-order valence-electron chi connectivity index (χ0n) is 26.3. The van der Waals surface area contributed by atoms with E-state index in [1.54, 1.807) is 0 Å². The third-order valence-corrected chi connectivity index (χ3v) is 9.49. The number of benzene rings is 8. The number of hydrogen-bond acceptors (Lipinski definition) is 4. The number of nitrogens with zero attached hydrogens (tertiary/aromatic N) is 3. The molecule has 0 amide bonds. The zero-order chi connectivity index (χ0) is 32.3. The second kappa shape index (κ2) is 11.0. The van der Waals surface area contributed by atoms with Crippen LogP contribution < -0.4 is 0 Å². The van der Waals surface area contributed by atoms with Crippen molar-refractivity contribution in [3.63, 3.8) is 0 Å². The van der Waals surface area contributed by atoms with E-state index in [0.717, 1.165) is 60.2 Å². The Bertz CT molecular complexity index is 2890. The highest BCUT2D eigenvalue weighted by atomic mass is 16.3. The standard InChI is InChI=1S/C45H27N3O/c1-2-13-30(14-3-1)43-46-44(48-45(47-43)37-20-10-16-29-12-6-7-17-34(29)37)33-23-24-41-39(26-33)40-27-38(35-18-8-9-19-36(35)42(40)49-41)32-22-21-28-11-4-5-15-31(28)25-32/h1-27H. The third kappa shape index (κ3) is 4.57. The van der Waals surface area contributed by atoms with Crippen LogP contribution in [0.2, 0.25) is 0 Å². The average Bonchev–Trinajstić information content (AvgIpc) is 3.55. The zero-order valence-corrected chi connectivity index (χ0v) is 26.3. The maximum Gasteiger partial charge on any atom is 0.164 e. The molecule has 0 radical (unpaired) electrons. The van der Waals surface area contributed by atoms with E-state index in [1.165, 1.54) is 21.9 Å². The van der Waals surface area contributed by atoms with Gasteiger partial charge in [-0.15, -0.1) is 0 Å². The van der Waals surface area contributed by atoms with Crippen LogP contribution in [0.1, 0.15) is 0 Å². The summed E-state index contributed by atoms with van der Waals surface area (Å²) in [6, 6.07) is 57.0. The van der Waals surface area contributed by atoms with Gasteiger partial charge in [0.25, 0.3) is 0 Å². The minimum Gasteiger partial charge on any atom is -0.455 e. The maximum atomic E-state index is 6.60. The molecule has 228 valence electrons. The van der Waals surface area contributed by atoms with Crippen molar-refractivity contribution in [1.29, 1.82) is 0 Å². The molecule has 0 fully saturated rings. The summed E-state index contributed by atoms with van der Waals surface area (Å²) < 4.78 is 6.60. The van der Waals surface area contributed by atoms with Gasteiger partial charge in [0, 0.05) is 32.8 Å². The summed E-state index contributed by atoms with van der Waals surface area (Å²) in [7, 11) is 0. The van der Waals surface area contributed by atoms with E-state index < -0.39 is 0 Å². The first-order valence-corrected chi connectivity index (χ1v) is 16.4. The summed E-state index contributed by atoms with van der Waals surface area (Å²) in [5, 5.41) is 9.02. The van der Waals surface area contributed by atoms with Crippen molar-refractivity contribution in [3.8, 4) is 45.3 Å². The fraction of sp³-hybridized carbons (Fsp3) is 0. The van der Waals surface area contributed by atoms with Gasteiger partial charge in [0.05, 0.1) is 0 Å². The second-order valence-corrected chi connectivity index (χ2v) is 12.4. The van der Waals surface area contributed by atoms with Crippen molar-refractivity contribution in [3.05, 3.63) is 164 Å². The van der Waals surface area contributed by atoms with Crippen molar-refractivity contribution in [2.45, 2.75) is 0 Å². The highest BCUT2D eigenvalue weighted by molar-refractivity contribution is 6.19. The van der Waals surface area contributed by atoms with Crippen LogP contribution in [0.3, 0.4) is 0 Å². The molecule has 2 aromatic heterocycles. The van der Waals surface area contributed by atoms with Crippen LogP contribution in [0.5, 0.6) is 0 Å². The van der Waals surface area contributed by atoms with E-state index in [9.17, 15) is 0 Å². The van der Waals surface area contributed by atoms with Gasteiger partial charge in [-0.3, -0.25) is 0 Å². The summed E-state index contributed by atoms with van der Waals surface area (Å²) in [6.07, 6.45) is 0. The fourth-order valence-corrected chi connectivity index (χ4v) is 7.10. The third-order valence-electron chi connectivity index (χ3n) is 9.49. The van der Waals surface area contributed by atoms with E-state index in [0.29, 0.717) is 17.5 Å². The Balaban J connectivity index is 1.20. The summed E-state index contributed by atoms with van der Waals surface area (Å²) in [4.78, 5) is 15.2. The second-order valence-electron chi connectivity index (χ2n) is 12.4. The molecule has 4 heteroatoms. The maximum absolute atomic E-state index is 6.60. The van der Waals surface area contributed by atoms with Crippen molar-refractivity contribution in [2.75, 3.05) is 0 Å². The fourth-order valence-electron chi connectivity index (χ4n) is 7.10. The van der Waals surface area contributed by atoms with Crippen LogP contribution in [-0.2, 0) is 0 Å². The molecule has 10 aromatic rings. The van der Waals surface area contributed by atoms with Crippen molar-refractivity contribution in [1.82, 2.24) is 15.0 Å². The first-order chi connectivity index (χ1) is 24.3. The van der Waals surface area contributed by atoms with Crippen LogP contribution >= 0.6 is 0 Å². The van der Waals surface area contributed by atoms with Gasteiger partial charge in [0.1, 0.15) is 11.2 Å². The van der Waals surface area contributed by atoms with E-state index in [-0.39, 0.29) is 0 Å². The first-order valence-electron chi connectivity index (χ1n) is 16.4. The quantitative estimate of drug-likeness (QED) is 0.195. The Morgan fingerprint density at radius 2 is 0.980 bits per heavy atom. The lowest BCUT2D eigenvalue weighted by Gasteiger charge is -2.10. The molecule has 4 nitrogen and oxygen atoms in total. The SMILES string of the molecule is c1ccc(-c2nc(-c3ccc4oc5c6ccccc6c(-c6ccc7ccccc7c6)cc5c4c3)nc(-c3cccc4ccccc34)n2)cc1. The van der Waals surface area contributed by atoms with E-state index in [1.807, 2.05) is 42.5 Å². The normalized spacial score (nSPS) is 11.7. The molecule has 0 N–H and O–H groups in total. The predicted molar refractivity (Wildman–Crippen MR) is 201 cm³/mol. The average molecular weight is 626 g/mol. The molecule has 0 spiro atoms. The molecule has 0 aliphatic heterocycles. The molecule has 0 aliphatic carbocycles. The minimum atomic E-state index is 0.614. The molecule has 0 saturated carbocycles. The number of fused-ring (bicyclic) bond motifs is 7. The number of aromatic nitrogens is 3. The van der Waals surface area contributed by atoms with Crippen molar-refractivity contribution < 1.29 is 4.42 Å². The Morgan fingerprint density at radius 3 is 1.84 bits per heavy atom. The molecule has 2 heterocycles. The van der Waals surface area contributed by atoms with Gasteiger partial charge in [0.2, 0.25) is 0 Å². The highest BCUT2D eigenvalue weighted by Crippen LogP contribution is 2.41. The molecular weight excluding hydrogens is 599 g/mol. The Morgan fingerprint density at radius 1 is 0.327 bits per heavy atom. The number of hydrogen-bond donors (Lipinski definition) is 0. The highest BCUT2D eigenvalue weighted by Gasteiger charge is 2.18. The molecule has 0 unspecified atom stereocenters. The summed E-state index contributed by atoms with van der Waals surface area (Å²) >= 11 is 0. The van der Waals surface area contributed by atoms with Crippen LogP contribution in [0.15, 0.2) is 168 Å². The van der Waals surface area contributed by atoms with Gasteiger partial charge < -0.3 is 4.42 Å². The van der Waals surface area contributed by atoms with Crippen molar-refractivity contribution >= 4 is 54.3 Å². The molecule has 49 heavy (non-hydrogen) atoms. The number of furan rings is 1. The molecule has 8 aromatic carbocycles. The monoisotopic (exact) mass is 625 g/mol. The summed E-state index contributed by atoms with van der Waals surface area (Å²) in [5.74, 6) is 1.89. The van der Waals surface area contributed by atoms with E-state index in [2.05, 4.69) is 121 Å². The van der Waals surface area contributed by atoms with Gasteiger partial charge in [-0.1, -0.05) is 133 Å². The lowest BCUT2D eigenvalue weighted by molar-refractivity contribution is 0.672. The Hall–Kier alpha value is -6.65. The van der Waals surface area contributed by atoms with Crippen LogP contribution in [-0.4, -0.2) is 15.0 Å². The van der Waals surface area contributed by atoms with Crippen LogP contribution in [0, 0.1) is 0 Å². The van der Waals surface area contributed by atoms with Crippen molar-refractivity contribution in [2.24, 2.45) is 0 Å². The molecule has 10 rings (SSSR count). The molecule has 0 atom stereocenters. The topological polar surface area (TPSA) is 51.8 Å². The summed E-state index contributed by atoms with van der Waals surface area (Å²) in [6.45, 7) is 0. The Kier molecular flexibility index (Phi) is 6.15. The van der Waals surface area contributed by atoms with Crippen LogP contribution in [0.4, 0.5) is 0 Å². The predicted octanol–water partition coefficient (Wildman–Crippen LogP) is 11.9. The molecule has 0 bridgehead atoms. The van der Waals surface area contributed by atoms with Crippen LogP contribution in [0.25, 0.3) is 99.5 Å². The minimum absolute atomic E-state index is 0.614. The Labute approximate surface area is 282 Å². The largest absolute Gasteiger partial charge is 0.455 e. The van der Waals surface area contributed by atoms with Gasteiger partial charge >= 0.3 is 0 Å². The smallest absolute Gasteiger partial charge is 0.164 e. The van der Waals surface area contributed by atoms with Gasteiger partial charge in [0.15, 0.2) is 17.5 Å². The molecule has 0 aliphatic rings. The van der Waals surface area contributed by atoms with E-state index in [4.69, 9.17) is 19.4 Å². The summed E-state index contributed by atoms with van der Waals surface area (Å²) in [5.41, 5.74) is 6.86. The van der Waals surface area contributed by atoms with Gasteiger partial charge in [-0.05, 0) is 68.4 Å². The van der Waals surface area contributed by atoms with E-state index >= 15 is 0 Å². The van der Waals surface area contributed by atoms with Gasteiger partial charge in [-0.25, -0.2) is 15.0 Å². The molecule has 0 saturated heterocycles. The lowest BCUT2D eigenvalue weighted by atomic mass is 9.94. The molecular formula is C45H27N3O. The van der Waals surface area contributed by atoms with Gasteiger partial charge in [-0.2, -0.15) is 0 Å². The lowest BCUT2D eigenvalue weighted by Crippen LogP contribution is -2.00. The first kappa shape index (κ1) is 27.5.